The van der Waals surface area contributed by atoms with Gasteiger partial charge in [0.2, 0.25) is 0 Å². The highest BCUT2D eigenvalue weighted by atomic mass is 15.1. The first-order chi connectivity index (χ1) is 7.36. The summed E-state index contributed by atoms with van der Waals surface area (Å²) in [4.78, 5) is 2.45. The van der Waals surface area contributed by atoms with Crippen LogP contribution >= 0.6 is 0 Å². The first kappa shape index (κ1) is 12.2. The minimum absolute atomic E-state index is 1.05. The molecule has 0 aromatic heterocycles. The Hall–Kier alpha value is -0.860. The Bertz CT molecular complexity index is 251. The first-order valence-electron chi connectivity index (χ1n) is 5.76. The van der Waals surface area contributed by atoms with Crippen molar-refractivity contribution < 1.29 is 0 Å². The smallest absolute Gasteiger partial charge is 0.0234 e. The molecule has 0 aromatic rings. The van der Waals surface area contributed by atoms with Crippen LogP contribution in [0.15, 0.2) is 36.0 Å². The van der Waals surface area contributed by atoms with Crippen LogP contribution in [0, 0.1) is 0 Å². The van der Waals surface area contributed by atoms with Crippen LogP contribution in [0.2, 0.25) is 0 Å². The normalized spacial score (nSPS) is 15.5. The van der Waals surface area contributed by atoms with E-state index in [9.17, 15) is 0 Å². The summed E-state index contributed by atoms with van der Waals surface area (Å²) in [5, 5.41) is 3.19. The number of hydrogen-bond donors (Lipinski definition) is 1. The lowest BCUT2D eigenvalue weighted by Gasteiger charge is -2.20. The molecule has 0 unspecified atom stereocenters. The van der Waals surface area contributed by atoms with E-state index in [-0.39, 0.29) is 0 Å². The summed E-state index contributed by atoms with van der Waals surface area (Å²) in [6, 6.07) is 0. The third-order valence-corrected chi connectivity index (χ3v) is 2.58. The number of hydrogen-bond acceptors (Lipinski definition) is 2. The number of nitrogens with zero attached hydrogens (tertiary/aromatic N) is 1. The molecule has 0 radical (unpaired) electrons. The van der Waals surface area contributed by atoms with Gasteiger partial charge >= 0.3 is 0 Å². The Kier molecular flexibility index (Phi) is 6.05. The van der Waals surface area contributed by atoms with E-state index in [2.05, 4.69) is 47.5 Å². The molecule has 0 saturated heterocycles. The van der Waals surface area contributed by atoms with Crippen molar-refractivity contribution in [1.29, 1.82) is 0 Å². The van der Waals surface area contributed by atoms with Crippen molar-refractivity contribution in [3.63, 3.8) is 0 Å². The van der Waals surface area contributed by atoms with Crippen LogP contribution in [0.25, 0.3) is 0 Å². The van der Waals surface area contributed by atoms with E-state index in [1.807, 2.05) is 7.05 Å². The van der Waals surface area contributed by atoms with Crippen molar-refractivity contribution in [2.24, 2.45) is 0 Å². The van der Waals surface area contributed by atoms with E-state index < -0.39 is 0 Å². The van der Waals surface area contributed by atoms with Crippen molar-refractivity contribution in [3.8, 4) is 0 Å². The molecule has 1 aliphatic carbocycles. The lowest BCUT2D eigenvalue weighted by Crippen LogP contribution is -2.32. The minimum atomic E-state index is 1.05. The average molecular weight is 206 g/mol. The van der Waals surface area contributed by atoms with E-state index >= 15 is 0 Å². The summed E-state index contributed by atoms with van der Waals surface area (Å²) in [5.74, 6) is 0. The second-order valence-corrected chi connectivity index (χ2v) is 3.78. The Balaban J connectivity index is 2.42. The molecule has 0 heterocycles. The molecule has 2 nitrogen and oxygen atoms in total. The minimum Gasteiger partial charge on any atom is -0.318 e. The van der Waals surface area contributed by atoms with Crippen LogP contribution in [0.1, 0.15) is 13.3 Å². The molecule has 0 amide bonds. The maximum atomic E-state index is 3.19. The van der Waals surface area contributed by atoms with Crippen molar-refractivity contribution in [2.45, 2.75) is 13.3 Å². The van der Waals surface area contributed by atoms with Crippen molar-refractivity contribution >= 4 is 0 Å². The van der Waals surface area contributed by atoms with E-state index in [1.165, 1.54) is 5.57 Å². The molecule has 2 heteroatoms. The molecule has 1 rings (SSSR count). The summed E-state index contributed by atoms with van der Waals surface area (Å²) in [6.07, 6.45) is 12.1. The summed E-state index contributed by atoms with van der Waals surface area (Å²) < 4.78 is 0. The van der Waals surface area contributed by atoms with Gasteiger partial charge in [-0.15, -0.1) is 0 Å². The predicted molar refractivity (Wildman–Crippen MR) is 67.0 cm³/mol. The number of nitrogens with one attached hydrogen (secondary N) is 1. The zero-order chi connectivity index (χ0) is 10.9. The van der Waals surface area contributed by atoms with E-state index in [1.54, 1.807) is 0 Å². The van der Waals surface area contributed by atoms with Crippen LogP contribution in [0.5, 0.6) is 0 Å². The maximum Gasteiger partial charge on any atom is 0.0234 e. The van der Waals surface area contributed by atoms with Gasteiger partial charge in [-0.05, 0) is 25.6 Å². The summed E-state index contributed by atoms with van der Waals surface area (Å²) in [5.41, 5.74) is 1.40. The van der Waals surface area contributed by atoms with E-state index in [0.29, 0.717) is 0 Å². The first-order valence-corrected chi connectivity index (χ1v) is 5.76. The van der Waals surface area contributed by atoms with Crippen LogP contribution in [-0.2, 0) is 0 Å². The third kappa shape index (κ3) is 4.96. The molecule has 0 bridgehead atoms. The Labute approximate surface area is 93.4 Å². The quantitative estimate of drug-likeness (QED) is 0.715. The van der Waals surface area contributed by atoms with Crippen molar-refractivity contribution in [3.05, 3.63) is 36.0 Å². The molecule has 1 N–H and O–H groups in total. The summed E-state index contributed by atoms with van der Waals surface area (Å²) in [6.45, 7) is 6.55. The molecule has 0 fully saturated rings. The Morgan fingerprint density at radius 3 is 3.00 bits per heavy atom. The predicted octanol–water partition coefficient (Wildman–Crippen LogP) is 1.97. The molecule has 0 saturated carbocycles. The standard InChI is InChI=1S/C13H22N2/c1-3-15(11-10-14-2)12-13-8-6-4-5-7-9-13/h4,6-9,14H,3,5,10-12H2,1-2H3. The molecular formula is C13H22N2. The van der Waals surface area contributed by atoms with Crippen LogP contribution in [0.3, 0.4) is 0 Å². The van der Waals surface area contributed by atoms with Gasteiger partial charge in [-0.2, -0.15) is 0 Å². The zero-order valence-corrected chi connectivity index (χ0v) is 9.87. The van der Waals surface area contributed by atoms with Gasteiger partial charge in [-0.25, -0.2) is 0 Å². The van der Waals surface area contributed by atoms with Crippen LogP contribution in [-0.4, -0.2) is 38.1 Å². The number of allylic oxidation sites excluding steroid dienone is 4. The average Bonchev–Trinajstić information content (AvgIpc) is 2.52. The van der Waals surface area contributed by atoms with Gasteiger partial charge < -0.3 is 5.32 Å². The SMILES string of the molecule is CCN(CCNC)CC1=CC=CCC=C1. The second-order valence-electron chi connectivity index (χ2n) is 3.78. The lowest BCUT2D eigenvalue weighted by atomic mass is 10.2. The highest BCUT2D eigenvalue weighted by Crippen LogP contribution is 2.06. The third-order valence-electron chi connectivity index (χ3n) is 2.58. The second kappa shape index (κ2) is 7.43. The number of likely N-dealkylation sites (N-methyl/N-ethyl adjacent to an activating group) is 2. The van der Waals surface area contributed by atoms with Crippen molar-refractivity contribution in [2.75, 3.05) is 33.2 Å². The van der Waals surface area contributed by atoms with Crippen LogP contribution < -0.4 is 5.32 Å². The largest absolute Gasteiger partial charge is 0.318 e. The van der Waals surface area contributed by atoms with Gasteiger partial charge in [0.15, 0.2) is 0 Å². The van der Waals surface area contributed by atoms with Gasteiger partial charge in [-0.3, -0.25) is 4.90 Å². The molecule has 0 aromatic carbocycles. The van der Waals surface area contributed by atoms with Crippen molar-refractivity contribution in [1.82, 2.24) is 10.2 Å². The fourth-order valence-electron chi connectivity index (χ4n) is 1.61. The molecule has 1 aliphatic rings. The van der Waals surface area contributed by atoms with Gasteiger partial charge in [0.25, 0.3) is 0 Å². The zero-order valence-electron chi connectivity index (χ0n) is 9.87. The molecule has 0 atom stereocenters. The van der Waals surface area contributed by atoms with Gasteiger partial charge in [0, 0.05) is 19.6 Å². The molecule has 0 aliphatic heterocycles. The topological polar surface area (TPSA) is 15.3 Å². The summed E-state index contributed by atoms with van der Waals surface area (Å²) in [7, 11) is 2.00. The Morgan fingerprint density at radius 2 is 2.27 bits per heavy atom. The fraction of sp³-hybridized carbons (Fsp3) is 0.538. The molecule has 15 heavy (non-hydrogen) atoms. The summed E-state index contributed by atoms with van der Waals surface area (Å²) >= 11 is 0. The van der Waals surface area contributed by atoms with Gasteiger partial charge in [-0.1, -0.05) is 37.3 Å². The molecule has 0 spiro atoms. The van der Waals surface area contributed by atoms with E-state index in [0.717, 1.165) is 32.6 Å². The van der Waals surface area contributed by atoms with Crippen LogP contribution in [0.4, 0.5) is 0 Å². The lowest BCUT2D eigenvalue weighted by molar-refractivity contribution is 0.316. The van der Waals surface area contributed by atoms with E-state index in [4.69, 9.17) is 0 Å². The number of rotatable bonds is 6. The molecule has 84 valence electrons. The monoisotopic (exact) mass is 206 g/mol. The highest BCUT2D eigenvalue weighted by Gasteiger charge is 2.03. The Morgan fingerprint density at radius 1 is 1.40 bits per heavy atom. The highest BCUT2D eigenvalue weighted by molar-refractivity contribution is 5.28. The van der Waals surface area contributed by atoms with Gasteiger partial charge in [0.05, 0.1) is 0 Å². The molecular weight excluding hydrogens is 184 g/mol. The van der Waals surface area contributed by atoms with Gasteiger partial charge in [0.1, 0.15) is 0 Å². The fourth-order valence-corrected chi connectivity index (χ4v) is 1.61. The maximum absolute atomic E-state index is 3.19.